The molecule has 2 atom stereocenters. The van der Waals surface area contributed by atoms with Gasteiger partial charge in [0.1, 0.15) is 22.2 Å². The molecule has 4 heterocycles. The average Bonchev–Trinajstić information content (AvgIpc) is 3.19. The molecule has 26 heavy (non-hydrogen) atoms. The van der Waals surface area contributed by atoms with Gasteiger partial charge >= 0.3 is 0 Å². The molecule has 1 aliphatic rings. The maximum Gasteiger partial charge on any atom is 0.138 e. The van der Waals surface area contributed by atoms with E-state index in [0.717, 1.165) is 58.4 Å². The zero-order chi connectivity index (χ0) is 18.3. The van der Waals surface area contributed by atoms with Crippen LogP contribution in [0.2, 0.25) is 0 Å². The minimum absolute atomic E-state index is 0.0201. The number of nitrogens with one attached hydrogen (secondary N) is 1. The molecule has 1 aliphatic heterocycles. The van der Waals surface area contributed by atoms with Gasteiger partial charge in [0.05, 0.1) is 23.2 Å². The molecule has 0 bridgehead atoms. The predicted molar refractivity (Wildman–Crippen MR) is 101 cm³/mol. The van der Waals surface area contributed by atoms with Crippen molar-refractivity contribution in [2.24, 2.45) is 0 Å². The van der Waals surface area contributed by atoms with Crippen molar-refractivity contribution in [1.82, 2.24) is 20.0 Å². The lowest BCUT2D eigenvalue weighted by Gasteiger charge is -2.36. The number of aromatic nitrogens is 3. The minimum Gasteiger partial charge on any atom is -0.390 e. The van der Waals surface area contributed by atoms with Gasteiger partial charge in [-0.1, -0.05) is 5.16 Å². The van der Waals surface area contributed by atoms with Gasteiger partial charge in [-0.2, -0.15) is 0 Å². The highest BCUT2D eigenvalue weighted by atomic mass is 32.1. The van der Waals surface area contributed by atoms with Gasteiger partial charge in [-0.15, -0.1) is 11.3 Å². The Kier molecular flexibility index (Phi) is 4.64. The van der Waals surface area contributed by atoms with Crippen LogP contribution in [0, 0.1) is 20.8 Å². The minimum atomic E-state index is -0.465. The van der Waals surface area contributed by atoms with E-state index in [-0.39, 0.29) is 6.04 Å². The van der Waals surface area contributed by atoms with Crippen LogP contribution in [0.1, 0.15) is 29.3 Å². The van der Waals surface area contributed by atoms with Crippen molar-refractivity contribution >= 4 is 27.4 Å². The zero-order valence-electron chi connectivity index (χ0n) is 15.2. The van der Waals surface area contributed by atoms with Crippen LogP contribution in [0.3, 0.4) is 0 Å². The third kappa shape index (κ3) is 3.32. The molecule has 3 aromatic heterocycles. The lowest BCUT2D eigenvalue weighted by Crippen LogP contribution is -2.49. The Balaban J connectivity index is 1.45. The van der Waals surface area contributed by atoms with E-state index >= 15 is 0 Å². The number of thiophene rings is 1. The SMILES string of the molecule is Cc1nc(N[C@@H]2CCN(Cc3c(C)noc3C)C[C@H]2O)c2ccsc2n1. The molecule has 0 aromatic carbocycles. The van der Waals surface area contributed by atoms with Gasteiger partial charge < -0.3 is 14.9 Å². The van der Waals surface area contributed by atoms with Crippen molar-refractivity contribution in [3.05, 3.63) is 34.3 Å². The van der Waals surface area contributed by atoms with Crippen molar-refractivity contribution < 1.29 is 9.63 Å². The number of aryl methyl sites for hydroxylation is 3. The van der Waals surface area contributed by atoms with Crippen molar-refractivity contribution in [3.63, 3.8) is 0 Å². The number of aliphatic hydroxyl groups is 1. The average molecular weight is 373 g/mol. The van der Waals surface area contributed by atoms with Gasteiger partial charge in [0, 0.05) is 25.2 Å². The van der Waals surface area contributed by atoms with Crippen LogP contribution in [0.4, 0.5) is 5.82 Å². The molecular formula is C18H23N5O2S. The molecule has 1 fully saturated rings. The monoisotopic (exact) mass is 373 g/mol. The fourth-order valence-corrected chi connectivity index (χ4v) is 4.32. The zero-order valence-corrected chi connectivity index (χ0v) is 16.0. The molecule has 4 rings (SSSR count). The number of piperidine rings is 1. The fourth-order valence-electron chi connectivity index (χ4n) is 3.51. The van der Waals surface area contributed by atoms with Crippen molar-refractivity contribution in [1.29, 1.82) is 0 Å². The van der Waals surface area contributed by atoms with E-state index in [2.05, 4.69) is 25.3 Å². The second-order valence-corrected chi connectivity index (χ2v) is 7.80. The number of fused-ring (bicyclic) bond motifs is 1. The molecule has 0 radical (unpaired) electrons. The first-order valence-electron chi connectivity index (χ1n) is 8.82. The summed E-state index contributed by atoms with van der Waals surface area (Å²) in [4.78, 5) is 12.2. The first kappa shape index (κ1) is 17.4. The number of anilines is 1. The second-order valence-electron chi connectivity index (χ2n) is 6.90. The fraction of sp³-hybridized carbons (Fsp3) is 0.500. The first-order valence-corrected chi connectivity index (χ1v) is 9.70. The Morgan fingerprint density at radius 2 is 2.19 bits per heavy atom. The molecule has 0 aliphatic carbocycles. The van der Waals surface area contributed by atoms with Crippen molar-refractivity contribution in [2.45, 2.75) is 45.9 Å². The maximum absolute atomic E-state index is 10.7. The summed E-state index contributed by atoms with van der Waals surface area (Å²) in [5.41, 5.74) is 2.04. The summed E-state index contributed by atoms with van der Waals surface area (Å²) < 4.78 is 5.24. The van der Waals surface area contributed by atoms with Crippen molar-refractivity contribution in [2.75, 3.05) is 18.4 Å². The summed E-state index contributed by atoms with van der Waals surface area (Å²) in [5, 5.41) is 21.2. The smallest absolute Gasteiger partial charge is 0.138 e. The van der Waals surface area contributed by atoms with E-state index in [9.17, 15) is 5.11 Å². The Morgan fingerprint density at radius 3 is 2.92 bits per heavy atom. The Morgan fingerprint density at radius 1 is 1.35 bits per heavy atom. The van der Waals surface area contributed by atoms with Crippen LogP contribution >= 0.6 is 11.3 Å². The quantitative estimate of drug-likeness (QED) is 0.727. The number of hydrogen-bond acceptors (Lipinski definition) is 8. The van der Waals surface area contributed by atoms with Crippen LogP contribution in [0.5, 0.6) is 0 Å². The van der Waals surface area contributed by atoms with Crippen molar-refractivity contribution in [3.8, 4) is 0 Å². The van der Waals surface area contributed by atoms with Crippen LogP contribution < -0.4 is 5.32 Å². The van der Waals surface area contributed by atoms with E-state index in [4.69, 9.17) is 4.52 Å². The van der Waals surface area contributed by atoms with E-state index in [1.54, 1.807) is 11.3 Å². The van der Waals surface area contributed by atoms with E-state index in [1.807, 2.05) is 32.2 Å². The molecule has 0 saturated carbocycles. The van der Waals surface area contributed by atoms with E-state index in [1.165, 1.54) is 0 Å². The number of β-amino-alcohol motifs (C(OH)–C–C–N with tert-alkyl or cyclic N) is 1. The highest BCUT2D eigenvalue weighted by Crippen LogP contribution is 2.27. The Bertz CT molecular complexity index is 902. The molecular weight excluding hydrogens is 350 g/mol. The molecule has 2 N–H and O–H groups in total. The molecule has 0 spiro atoms. The highest BCUT2D eigenvalue weighted by Gasteiger charge is 2.29. The van der Waals surface area contributed by atoms with E-state index < -0.39 is 6.10 Å². The van der Waals surface area contributed by atoms with Crippen LogP contribution in [-0.2, 0) is 6.54 Å². The van der Waals surface area contributed by atoms with Gasteiger partial charge in [-0.3, -0.25) is 4.90 Å². The van der Waals surface area contributed by atoms with E-state index in [0.29, 0.717) is 6.54 Å². The summed E-state index contributed by atoms with van der Waals surface area (Å²) in [6.07, 6.45) is 0.382. The summed E-state index contributed by atoms with van der Waals surface area (Å²) in [6.45, 7) is 8.05. The lowest BCUT2D eigenvalue weighted by atomic mass is 10.0. The Hall–Kier alpha value is -2.03. The summed E-state index contributed by atoms with van der Waals surface area (Å²) in [6, 6.07) is 2.01. The summed E-state index contributed by atoms with van der Waals surface area (Å²) in [7, 11) is 0. The summed E-state index contributed by atoms with van der Waals surface area (Å²) in [5.74, 6) is 2.42. The van der Waals surface area contributed by atoms with Gasteiger partial charge in [-0.25, -0.2) is 9.97 Å². The predicted octanol–water partition coefficient (Wildman–Crippen LogP) is 2.65. The van der Waals surface area contributed by atoms with Crippen LogP contribution in [-0.4, -0.2) is 50.4 Å². The molecule has 3 aromatic rings. The second kappa shape index (κ2) is 6.94. The lowest BCUT2D eigenvalue weighted by molar-refractivity contribution is 0.0558. The molecule has 138 valence electrons. The van der Waals surface area contributed by atoms with Crippen LogP contribution in [0.15, 0.2) is 16.0 Å². The largest absolute Gasteiger partial charge is 0.390 e. The maximum atomic E-state index is 10.7. The van der Waals surface area contributed by atoms with Gasteiger partial charge in [0.25, 0.3) is 0 Å². The molecule has 0 amide bonds. The Labute approximate surface area is 156 Å². The topological polar surface area (TPSA) is 87.3 Å². The standard InChI is InChI=1S/C18H23N5O2S/c1-10-14(11(2)25-22-10)8-23-6-4-15(16(24)9-23)21-17-13-5-7-26-18(13)20-12(3)19-17/h5,7,15-16,24H,4,6,8-9H2,1-3H3,(H,19,20,21)/t15-,16-/m1/s1. The number of nitrogens with zero attached hydrogens (tertiary/aromatic N) is 4. The molecule has 8 heteroatoms. The third-order valence-corrected chi connectivity index (χ3v) is 5.79. The van der Waals surface area contributed by atoms with Gasteiger partial charge in [0.15, 0.2) is 0 Å². The van der Waals surface area contributed by atoms with Gasteiger partial charge in [0.2, 0.25) is 0 Å². The normalized spacial score (nSPS) is 21.4. The number of rotatable bonds is 4. The number of aliphatic hydroxyl groups excluding tert-OH is 1. The molecule has 7 nitrogen and oxygen atoms in total. The van der Waals surface area contributed by atoms with Crippen LogP contribution in [0.25, 0.3) is 10.2 Å². The molecule has 1 saturated heterocycles. The van der Waals surface area contributed by atoms with Gasteiger partial charge in [-0.05, 0) is 38.6 Å². The summed E-state index contributed by atoms with van der Waals surface area (Å²) >= 11 is 1.61. The third-order valence-electron chi connectivity index (χ3n) is 4.99. The highest BCUT2D eigenvalue weighted by molar-refractivity contribution is 7.16. The number of hydrogen-bond donors (Lipinski definition) is 2. The number of likely N-dealkylation sites (tertiary alicyclic amines) is 1. The first-order chi connectivity index (χ1) is 12.5. The molecule has 0 unspecified atom stereocenters.